The Kier molecular flexibility index (Phi) is 8.95. The molecule has 0 spiro atoms. The fraction of sp³-hybridized carbons (Fsp3) is 0.533. The summed E-state index contributed by atoms with van der Waals surface area (Å²) in [4.78, 5) is 26.3. The van der Waals surface area contributed by atoms with Crippen molar-refractivity contribution in [2.24, 2.45) is 17.6 Å². The Balaban J connectivity index is 1.64. The summed E-state index contributed by atoms with van der Waals surface area (Å²) in [6.45, 7) is 5.35. The largest absolute Gasteiger partial charge is 0.465 e. The van der Waals surface area contributed by atoms with E-state index in [4.69, 9.17) is 15.6 Å². The molecular formula is C30H41N3O5. The first-order chi connectivity index (χ1) is 18.2. The number of piperidine rings is 1. The molecule has 1 saturated heterocycles. The number of hydrogen-bond donors (Lipinski definition) is 4. The molecule has 2 aromatic rings. The quantitative estimate of drug-likeness (QED) is 0.353. The van der Waals surface area contributed by atoms with Gasteiger partial charge in [0.25, 0.3) is 0 Å². The number of nitrogens with zero attached hydrogens (tertiary/aromatic N) is 1. The van der Waals surface area contributed by atoms with Gasteiger partial charge in [0.15, 0.2) is 0 Å². The van der Waals surface area contributed by atoms with Crippen molar-refractivity contribution in [3.63, 3.8) is 0 Å². The number of aliphatic hydroxyl groups is 1. The van der Waals surface area contributed by atoms with Crippen LogP contribution in [-0.4, -0.2) is 52.8 Å². The summed E-state index contributed by atoms with van der Waals surface area (Å²) in [7, 11) is 0. The fourth-order valence-electron chi connectivity index (χ4n) is 6.16. The predicted molar refractivity (Wildman–Crippen MR) is 146 cm³/mol. The molecule has 1 aliphatic heterocycles. The lowest BCUT2D eigenvalue weighted by atomic mass is 9.73. The van der Waals surface area contributed by atoms with Crippen molar-refractivity contribution in [1.29, 1.82) is 0 Å². The van der Waals surface area contributed by atoms with Crippen LogP contribution in [0.25, 0.3) is 0 Å². The van der Waals surface area contributed by atoms with E-state index < -0.39 is 11.7 Å². The molecular weight excluding hydrogens is 482 g/mol. The number of hydrogen-bond acceptors (Lipinski definition) is 5. The first-order valence-electron chi connectivity index (χ1n) is 13.8. The predicted octanol–water partition coefficient (Wildman–Crippen LogP) is 4.70. The third kappa shape index (κ3) is 6.30. The van der Waals surface area contributed by atoms with Crippen LogP contribution in [-0.2, 0) is 10.4 Å². The van der Waals surface area contributed by atoms with Crippen molar-refractivity contribution >= 4 is 12.0 Å². The standard InChI is InChI=1S/C30H41N3O5/c1-20-8-5-9-21(2)27(20)38-26-12-4-3-11-25(26)30(37,15-7-16-32-29(35)36)23-10-6-17-33(19-23)28(34)22-13-14-24(31)18-22/h3-5,8-9,11-12,22-24,32,37H,6-7,10,13-19,31H2,1-2H3,(H,35,36)/t22-,23-,24+,30?/m1/s1. The molecule has 0 bridgehead atoms. The molecule has 38 heavy (non-hydrogen) atoms. The van der Waals surface area contributed by atoms with Crippen LogP contribution in [0.3, 0.4) is 0 Å². The SMILES string of the molecule is Cc1cccc(C)c1Oc1ccccc1C(O)(CCCNC(=O)O)[C@@H]1CCCN(C(=O)[C@@H]2CC[C@H](N)C2)C1. The number of rotatable bonds is 9. The molecule has 0 radical (unpaired) electrons. The topological polar surface area (TPSA) is 125 Å². The number of nitrogens with two attached hydrogens (primary N) is 1. The van der Waals surface area contributed by atoms with Crippen LogP contribution in [0.15, 0.2) is 42.5 Å². The Labute approximate surface area is 225 Å². The number of benzene rings is 2. The van der Waals surface area contributed by atoms with Crippen LogP contribution in [0.4, 0.5) is 4.79 Å². The van der Waals surface area contributed by atoms with Crippen molar-refractivity contribution < 1.29 is 24.5 Å². The third-order valence-corrected chi connectivity index (χ3v) is 8.22. The maximum Gasteiger partial charge on any atom is 0.404 e. The average Bonchev–Trinajstić information content (AvgIpc) is 3.34. The van der Waals surface area contributed by atoms with Crippen LogP contribution >= 0.6 is 0 Å². The number of ether oxygens (including phenoxy) is 1. The summed E-state index contributed by atoms with van der Waals surface area (Å²) in [6, 6.07) is 13.6. The minimum atomic E-state index is -1.31. The van der Waals surface area contributed by atoms with Gasteiger partial charge in [0.05, 0.1) is 5.60 Å². The number of likely N-dealkylation sites (tertiary alicyclic amines) is 1. The van der Waals surface area contributed by atoms with Crippen LogP contribution in [0, 0.1) is 25.7 Å². The zero-order chi connectivity index (χ0) is 27.3. The molecule has 1 saturated carbocycles. The highest BCUT2D eigenvalue weighted by Crippen LogP contribution is 2.45. The van der Waals surface area contributed by atoms with E-state index in [1.165, 1.54) is 0 Å². The molecule has 4 atom stereocenters. The van der Waals surface area contributed by atoms with E-state index in [1.54, 1.807) is 0 Å². The fourth-order valence-corrected chi connectivity index (χ4v) is 6.16. The Morgan fingerprint density at radius 3 is 2.53 bits per heavy atom. The van der Waals surface area contributed by atoms with Gasteiger partial charge in [0, 0.05) is 43.1 Å². The van der Waals surface area contributed by atoms with E-state index in [0.29, 0.717) is 37.2 Å². The van der Waals surface area contributed by atoms with E-state index in [-0.39, 0.29) is 30.3 Å². The summed E-state index contributed by atoms with van der Waals surface area (Å²) in [5.41, 5.74) is 7.44. The molecule has 206 valence electrons. The summed E-state index contributed by atoms with van der Waals surface area (Å²) in [5, 5.41) is 23.9. The minimum Gasteiger partial charge on any atom is -0.465 e. The molecule has 0 aromatic heterocycles. The molecule has 1 unspecified atom stereocenters. The second-order valence-corrected chi connectivity index (χ2v) is 11.0. The maximum absolute atomic E-state index is 13.4. The average molecular weight is 524 g/mol. The van der Waals surface area contributed by atoms with Crippen molar-refractivity contribution in [2.75, 3.05) is 19.6 Å². The smallest absolute Gasteiger partial charge is 0.404 e. The number of carboxylic acid groups (broad SMARTS) is 1. The number of para-hydroxylation sites is 2. The van der Waals surface area contributed by atoms with Gasteiger partial charge < -0.3 is 30.9 Å². The Hall–Kier alpha value is -3.10. The number of carbonyl (C=O) groups excluding carboxylic acids is 1. The van der Waals surface area contributed by atoms with E-state index in [9.17, 15) is 14.7 Å². The highest BCUT2D eigenvalue weighted by Gasteiger charge is 2.44. The lowest BCUT2D eigenvalue weighted by Gasteiger charge is -2.44. The van der Waals surface area contributed by atoms with Crippen LogP contribution in [0.1, 0.15) is 61.6 Å². The monoisotopic (exact) mass is 523 g/mol. The lowest BCUT2D eigenvalue weighted by molar-refractivity contribution is -0.141. The van der Waals surface area contributed by atoms with Gasteiger partial charge in [-0.15, -0.1) is 0 Å². The number of nitrogens with one attached hydrogen (secondary N) is 1. The van der Waals surface area contributed by atoms with Crippen molar-refractivity contribution in [1.82, 2.24) is 10.2 Å². The normalized spacial score (nSPS) is 23.1. The second-order valence-electron chi connectivity index (χ2n) is 11.0. The molecule has 2 aliphatic rings. The lowest BCUT2D eigenvalue weighted by Crippen LogP contribution is -2.49. The van der Waals surface area contributed by atoms with Gasteiger partial charge in [-0.2, -0.15) is 0 Å². The first kappa shape index (κ1) is 27.9. The van der Waals surface area contributed by atoms with Gasteiger partial charge in [0.1, 0.15) is 11.5 Å². The van der Waals surface area contributed by atoms with Crippen LogP contribution in [0.5, 0.6) is 11.5 Å². The van der Waals surface area contributed by atoms with Gasteiger partial charge in [-0.25, -0.2) is 4.79 Å². The molecule has 8 heteroatoms. The van der Waals surface area contributed by atoms with E-state index in [2.05, 4.69) is 5.32 Å². The Morgan fingerprint density at radius 2 is 1.84 bits per heavy atom. The molecule has 2 amide bonds. The first-order valence-corrected chi connectivity index (χ1v) is 13.8. The zero-order valence-corrected chi connectivity index (χ0v) is 22.5. The number of amides is 2. The van der Waals surface area contributed by atoms with Crippen molar-refractivity contribution in [2.45, 2.75) is 70.4 Å². The van der Waals surface area contributed by atoms with E-state index >= 15 is 0 Å². The van der Waals surface area contributed by atoms with Gasteiger partial charge in [-0.3, -0.25) is 4.79 Å². The molecule has 5 N–H and O–H groups in total. The van der Waals surface area contributed by atoms with Gasteiger partial charge >= 0.3 is 6.09 Å². The van der Waals surface area contributed by atoms with Gasteiger partial charge in [0.2, 0.25) is 5.91 Å². The molecule has 1 heterocycles. The number of carbonyl (C=O) groups is 2. The van der Waals surface area contributed by atoms with Crippen LogP contribution < -0.4 is 15.8 Å². The highest BCUT2D eigenvalue weighted by atomic mass is 16.5. The molecule has 1 aliphatic carbocycles. The number of aryl methyl sites for hydroxylation is 2. The van der Waals surface area contributed by atoms with Gasteiger partial charge in [-0.05, 0) is 76.0 Å². The summed E-state index contributed by atoms with van der Waals surface area (Å²) < 4.78 is 6.46. The van der Waals surface area contributed by atoms with Gasteiger partial charge in [-0.1, -0.05) is 36.4 Å². The van der Waals surface area contributed by atoms with E-state index in [1.807, 2.05) is 61.2 Å². The highest BCUT2D eigenvalue weighted by molar-refractivity contribution is 5.79. The van der Waals surface area contributed by atoms with Crippen molar-refractivity contribution in [3.8, 4) is 11.5 Å². The Bertz CT molecular complexity index is 1120. The van der Waals surface area contributed by atoms with Crippen molar-refractivity contribution in [3.05, 3.63) is 59.2 Å². The molecule has 2 aromatic carbocycles. The summed E-state index contributed by atoms with van der Waals surface area (Å²) in [5.74, 6) is 1.20. The van der Waals surface area contributed by atoms with Crippen LogP contribution in [0.2, 0.25) is 0 Å². The van der Waals surface area contributed by atoms with E-state index in [0.717, 1.165) is 49.0 Å². The molecule has 2 fully saturated rings. The minimum absolute atomic E-state index is 0.0451. The second kappa shape index (κ2) is 12.2. The Morgan fingerprint density at radius 1 is 1.11 bits per heavy atom. The third-order valence-electron chi connectivity index (χ3n) is 8.22. The maximum atomic E-state index is 13.4. The summed E-state index contributed by atoms with van der Waals surface area (Å²) in [6.07, 6.45) is 3.66. The molecule has 8 nitrogen and oxygen atoms in total. The summed E-state index contributed by atoms with van der Waals surface area (Å²) >= 11 is 0. The zero-order valence-electron chi connectivity index (χ0n) is 22.5. The molecule has 4 rings (SSSR count).